The number of benzene rings is 2. The fourth-order valence-corrected chi connectivity index (χ4v) is 3.27. The highest BCUT2D eigenvalue weighted by molar-refractivity contribution is 6.00. The molecule has 2 heterocycles. The van der Waals surface area contributed by atoms with Crippen LogP contribution in [0, 0.1) is 13.5 Å². The highest BCUT2D eigenvalue weighted by Gasteiger charge is 2.15. The fourth-order valence-electron chi connectivity index (χ4n) is 3.27. The van der Waals surface area contributed by atoms with Crippen LogP contribution in [-0.2, 0) is 0 Å². The molecule has 4 aromatic rings. The van der Waals surface area contributed by atoms with E-state index in [4.69, 9.17) is 17.0 Å². The van der Waals surface area contributed by atoms with E-state index in [1.54, 1.807) is 13.3 Å². The third-order valence-electron chi connectivity index (χ3n) is 4.81. The molecule has 0 saturated carbocycles. The normalized spacial score (nSPS) is 10.7. The van der Waals surface area contributed by atoms with E-state index in [0.717, 1.165) is 39.0 Å². The number of hydrogen-bond donors (Lipinski definition) is 1. The highest BCUT2D eigenvalue weighted by atomic mass is 16.5. The minimum Gasteiger partial charge on any atom is -0.497 e. The van der Waals surface area contributed by atoms with Crippen LogP contribution in [0.1, 0.15) is 5.56 Å². The number of hydrogen-bond acceptors (Lipinski definition) is 3. The van der Waals surface area contributed by atoms with E-state index in [1.807, 2.05) is 55.6 Å². The Morgan fingerprint density at radius 1 is 1.07 bits per heavy atom. The lowest BCUT2D eigenvalue weighted by molar-refractivity contribution is 0.415. The monoisotopic (exact) mass is 354 g/mol. The van der Waals surface area contributed by atoms with E-state index < -0.39 is 0 Å². The van der Waals surface area contributed by atoms with Gasteiger partial charge in [0.1, 0.15) is 5.75 Å². The molecule has 0 bridgehead atoms. The van der Waals surface area contributed by atoms with Crippen LogP contribution in [-0.4, -0.2) is 16.7 Å². The first kappa shape index (κ1) is 16.7. The summed E-state index contributed by atoms with van der Waals surface area (Å²) in [5.74, 6) is 0.807. The van der Waals surface area contributed by atoms with E-state index in [2.05, 4.69) is 20.6 Å². The van der Waals surface area contributed by atoms with Crippen molar-refractivity contribution >= 4 is 22.3 Å². The van der Waals surface area contributed by atoms with E-state index in [9.17, 15) is 0 Å². The minimum absolute atomic E-state index is 0.603. The zero-order chi connectivity index (χ0) is 19.0. The van der Waals surface area contributed by atoms with E-state index in [0.29, 0.717) is 11.4 Å². The van der Waals surface area contributed by atoms with Gasteiger partial charge in [0.2, 0.25) is 0 Å². The van der Waals surface area contributed by atoms with Crippen molar-refractivity contribution in [2.24, 2.45) is 0 Å². The van der Waals surface area contributed by atoms with Crippen molar-refractivity contribution < 1.29 is 4.74 Å². The summed E-state index contributed by atoms with van der Waals surface area (Å²) < 4.78 is 7.37. The SMILES string of the molecule is [C-]#[N+]c1ccc2c(c1)c(-c1cncc(N)c1C)cn2-c1ccc(OC)cc1. The van der Waals surface area contributed by atoms with Crippen LogP contribution in [0.15, 0.2) is 61.1 Å². The van der Waals surface area contributed by atoms with Gasteiger partial charge in [-0.3, -0.25) is 4.98 Å². The summed E-state index contributed by atoms with van der Waals surface area (Å²) >= 11 is 0. The molecule has 0 saturated heterocycles. The number of fused-ring (bicyclic) bond motifs is 1. The lowest BCUT2D eigenvalue weighted by Gasteiger charge is -2.07. The van der Waals surface area contributed by atoms with Crippen LogP contribution >= 0.6 is 0 Å². The summed E-state index contributed by atoms with van der Waals surface area (Å²) in [6.07, 6.45) is 5.55. The van der Waals surface area contributed by atoms with Gasteiger partial charge in [0.05, 0.1) is 31.1 Å². The minimum atomic E-state index is 0.603. The summed E-state index contributed by atoms with van der Waals surface area (Å²) in [6.45, 7) is 9.35. The number of nitrogens with zero attached hydrogens (tertiary/aromatic N) is 3. The maximum absolute atomic E-state index is 7.36. The number of anilines is 1. The summed E-state index contributed by atoms with van der Waals surface area (Å²) in [6, 6.07) is 13.6. The van der Waals surface area contributed by atoms with Crippen LogP contribution in [0.25, 0.3) is 32.6 Å². The molecule has 5 heteroatoms. The second-order valence-electron chi connectivity index (χ2n) is 6.33. The second-order valence-corrected chi connectivity index (χ2v) is 6.33. The van der Waals surface area contributed by atoms with Gasteiger partial charge < -0.3 is 15.0 Å². The molecule has 0 aliphatic carbocycles. The fraction of sp³-hybridized carbons (Fsp3) is 0.0909. The Morgan fingerprint density at radius 3 is 2.56 bits per heavy atom. The summed E-state index contributed by atoms with van der Waals surface area (Å²) in [5, 5.41) is 0.995. The predicted molar refractivity (Wildman–Crippen MR) is 108 cm³/mol. The molecule has 0 aliphatic rings. The van der Waals surface area contributed by atoms with Gasteiger partial charge in [-0.25, -0.2) is 4.85 Å². The van der Waals surface area contributed by atoms with E-state index in [1.165, 1.54) is 0 Å². The number of nitrogens with two attached hydrogens (primary N) is 1. The zero-order valence-electron chi connectivity index (χ0n) is 15.1. The lowest BCUT2D eigenvalue weighted by Crippen LogP contribution is -1.94. The maximum Gasteiger partial charge on any atom is 0.188 e. The Kier molecular flexibility index (Phi) is 4.02. The molecule has 0 fully saturated rings. The Hall–Kier alpha value is -3.78. The largest absolute Gasteiger partial charge is 0.497 e. The highest BCUT2D eigenvalue weighted by Crippen LogP contribution is 2.37. The predicted octanol–water partition coefficient (Wildman–Crippen LogP) is 5.14. The smallest absolute Gasteiger partial charge is 0.188 e. The van der Waals surface area contributed by atoms with E-state index in [-0.39, 0.29) is 0 Å². The summed E-state index contributed by atoms with van der Waals surface area (Å²) in [4.78, 5) is 7.85. The number of ether oxygens (including phenoxy) is 1. The molecular weight excluding hydrogens is 336 g/mol. The van der Waals surface area contributed by atoms with Crippen molar-refractivity contribution in [1.82, 2.24) is 9.55 Å². The van der Waals surface area contributed by atoms with Crippen molar-refractivity contribution in [2.45, 2.75) is 6.92 Å². The summed E-state index contributed by atoms with van der Waals surface area (Å²) in [7, 11) is 1.65. The molecule has 27 heavy (non-hydrogen) atoms. The first-order chi connectivity index (χ1) is 13.1. The molecule has 4 rings (SSSR count). The first-order valence-electron chi connectivity index (χ1n) is 8.50. The van der Waals surface area contributed by atoms with Gasteiger partial charge in [-0.15, -0.1) is 0 Å². The Labute approximate surface area is 157 Å². The second kappa shape index (κ2) is 6.50. The number of pyridine rings is 1. The van der Waals surface area contributed by atoms with Crippen LogP contribution in [0.5, 0.6) is 5.75 Å². The average Bonchev–Trinajstić information content (AvgIpc) is 3.08. The van der Waals surface area contributed by atoms with E-state index >= 15 is 0 Å². The molecule has 2 aromatic carbocycles. The van der Waals surface area contributed by atoms with Crippen molar-refractivity contribution in [1.29, 1.82) is 0 Å². The van der Waals surface area contributed by atoms with Gasteiger partial charge in [0, 0.05) is 29.2 Å². The third-order valence-corrected chi connectivity index (χ3v) is 4.81. The van der Waals surface area contributed by atoms with Crippen LogP contribution in [0.4, 0.5) is 11.4 Å². The van der Waals surface area contributed by atoms with Crippen LogP contribution < -0.4 is 10.5 Å². The molecule has 0 radical (unpaired) electrons. The molecule has 5 nitrogen and oxygen atoms in total. The van der Waals surface area contributed by atoms with Crippen molar-refractivity contribution in [3.05, 3.63) is 78.0 Å². The van der Waals surface area contributed by atoms with Gasteiger partial charge in [-0.2, -0.15) is 0 Å². The molecule has 2 N–H and O–H groups in total. The molecule has 2 aromatic heterocycles. The van der Waals surface area contributed by atoms with Gasteiger partial charge in [-0.05, 0) is 54.3 Å². The van der Waals surface area contributed by atoms with Crippen LogP contribution in [0.2, 0.25) is 0 Å². The standard InChI is InChI=1S/C22H18N4O/c1-14-19(11-25-12-21(14)23)20-13-26(16-5-7-17(27-3)8-6-16)22-9-4-15(24-2)10-18(20)22/h4-13H,23H2,1,3H3. The number of methoxy groups -OCH3 is 1. The van der Waals surface area contributed by atoms with Gasteiger partial charge in [0.15, 0.2) is 5.69 Å². The topological polar surface area (TPSA) is 57.4 Å². The molecule has 0 unspecified atom stereocenters. The summed E-state index contributed by atoms with van der Waals surface area (Å²) in [5.41, 5.74) is 12.3. The number of aromatic nitrogens is 2. The zero-order valence-corrected chi connectivity index (χ0v) is 15.1. The molecule has 0 amide bonds. The maximum atomic E-state index is 7.36. The molecular formula is C22H18N4O. The Morgan fingerprint density at radius 2 is 1.85 bits per heavy atom. The van der Waals surface area contributed by atoms with Crippen LogP contribution in [0.3, 0.4) is 0 Å². The average molecular weight is 354 g/mol. The lowest BCUT2D eigenvalue weighted by atomic mass is 10.0. The molecule has 0 atom stereocenters. The number of nitrogen functional groups attached to an aromatic ring is 1. The quantitative estimate of drug-likeness (QED) is 0.518. The Balaban J connectivity index is 2.01. The van der Waals surface area contributed by atoms with Gasteiger partial charge >= 0.3 is 0 Å². The molecule has 0 spiro atoms. The molecule has 0 aliphatic heterocycles. The number of rotatable bonds is 3. The molecule has 132 valence electrons. The Bertz CT molecular complexity index is 1180. The first-order valence-corrected chi connectivity index (χ1v) is 8.50. The van der Waals surface area contributed by atoms with Crippen molar-refractivity contribution in [3.8, 4) is 22.6 Å². The third kappa shape index (κ3) is 2.77. The van der Waals surface area contributed by atoms with Crippen molar-refractivity contribution in [2.75, 3.05) is 12.8 Å². The van der Waals surface area contributed by atoms with Crippen molar-refractivity contribution in [3.63, 3.8) is 0 Å². The van der Waals surface area contributed by atoms with Gasteiger partial charge in [0.25, 0.3) is 0 Å². The van der Waals surface area contributed by atoms with Gasteiger partial charge in [-0.1, -0.05) is 6.07 Å².